The Morgan fingerprint density at radius 1 is 1.18 bits per heavy atom. The number of carbonyl (C=O) groups excluding carboxylic acids is 1. The van der Waals surface area contributed by atoms with Crippen LogP contribution in [-0.2, 0) is 16.9 Å². The molecule has 9 nitrogen and oxygen atoms in total. The number of nitrogens with zero attached hydrogens (tertiary/aromatic N) is 5. The lowest BCUT2D eigenvalue weighted by atomic mass is 9.46. The molecule has 2 aromatic heterocycles. The van der Waals surface area contributed by atoms with Crippen LogP contribution in [0.4, 0.5) is 11.5 Å². The van der Waals surface area contributed by atoms with Gasteiger partial charge >= 0.3 is 5.82 Å². The maximum atomic E-state index is 13.6. The maximum absolute atomic E-state index is 13.6. The van der Waals surface area contributed by atoms with E-state index < -0.39 is 4.92 Å². The number of nitro groups is 1. The van der Waals surface area contributed by atoms with E-state index >= 15 is 0 Å². The van der Waals surface area contributed by atoms with E-state index in [1.807, 2.05) is 29.3 Å². The van der Waals surface area contributed by atoms with Crippen molar-refractivity contribution >= 4 is 56.5 Å². The molecule has 1 amide bonds. The minimum atomic E-state index is -0.450. The summed E-state index contributed by atoms with van der Waals surface area (Å²) in [6.07, 6.45) is 8.04. The van der Waals surface area contributed by atoms with Crippen LogP contribution in [0.1, 0.15) is 61.9 Å². The Hall–Kier alpha value is -2.43. The van der Waals surface area contributed by atoms with Gasteiger partial charge in [0.15, 0.2) is 0 Å². The molecular weight excluding hydrogens is 607 g/mol. The number of aryl methyl sites for hydroxylation is 1. The smallest absolute Gasteiger partial charge is 0.358 e. The lowest BCUT2D eigenvalue weighted by Gasteiger charge is -2.61. The van der Waals surface area contributed by atoms with Gasteiger partial charge in [0.05, 0.1) is 40.5 Å². The number of nitrogens with one attached hydrogen (secondary N) is 1. The van der Waals surface area contributed by atoms with Gasteiger partial charge in [-0.25, -0.2) is 0 Å². The predicted molar refractivity (Wildman–Crippen MR) is 152 cm³/mol. The third kappa shape index (κ3) is 4.68. The Labute approximate surface area is 244 Å². The van der Waals surface area contributed by atoms with Crippen molar-refractivity contribution in [2.45, 2.75) is 70.9 Å². The summed E-state index contributed by atoms with van der Waals surface area (Å²) in [6, 6.07) is 5.41. The van der Waals surface area contributed by atoms with Crippen LogP contribution in [0.2, 0.25) is 10.0 Å². The summed E-state index contributed by atoms with van der Waals surface area (Å²) in [5.74, 6) is 0.806. The number of halogens is 3. The van der Waals surface area contributed by atoms with Gasteiger partial charge in [-0.2, -0.15) is 9.78 Å². The van der Waals surface area contributed by atoms with Gasteiger partial charge in [-0.3, -0.25) is 9.48 Å². The normalized spacial score (nSPS) is 27.2. The van der Waals surface area contributed by atoms with Crippen molar-refractivity contribution < 1.29 is 9.72 Å². The molecule has 4 fully saturated rings. The fraction of sp³-hybridized carbons (Fsp3) is 0.519. The van der Waals surface area contributed by atoms with Crippen LogP contribution in [0.15, 0.2) is 28.9 Å². The first kappa shape index (κ1) is 26.8. The molecule has 0 saturated heterocycles. The van der Waals surface area contributed by atoms with Gasteiger partial charge in [-0.15, -0.1) is 0 Å². The number of rotatable bonds is 7. The van der Waals surface area contributed by atoms with E-state index in [0.717, 1.165) is 55.5 Å². The lowest BCUT2D eigenvalue weighted by molar-refractivity contribution is -0.390. The van der Waals surface area contributed by atoms with Gasteiger partial charge in [0, 0.05) is 22.0 Å². The van der Waals surface area contributed by atoms with Crippen LogP contribution < -0.4 is 5.32 Å². The molecule has 2 unspecified atom stereocenters. The molecule has 4 aliphatic rings. The van der Waals surface area contributed by atoms with Crippen molar-refractivity contribution in [3.05, 3.63) is 66.0 Å². The number of hydrogen-bond donors (Lipinski definition) is 1. The van der Waals surface area contributed by atoms with Crippen molar-refractivity contribution in [1.82, 2.24) is 19.6 Å². The topological polar surface area (TPSA) is 108 Å². The molecule has 4 saturated carbocycles. The monoisotopic (exact) mass is 634 g/mol. The quantitative estimate of drug-likeness (QED) is 0.221. The second kappa shape index (κ2) is 9.59. The van der Waals surface area contributed by atoms with E-state index in [4.69, 9.17) is 23.2 Å². The molecule has 0 aliphatic heterocycles. The number of benzene rings is 1. The van der Waals surface area contributed by atoms with Gasteiger partial charge < -0.3 is 15.4 Å². The summed E-state index contributed by atoms with van der Waals surface area (Å²) < 4.78 is 4.05. The lowest BCUT2D eigenvalue weighted by Crippen LogP contribution is -2.57. The van der Waals surface area contributed by atoms with E-state index in [0.29, 0.717) is 45.0 Å². The second-order valence-electron chi connectivity index (χ2n) is 11.8. The van der Waals surface area contributed by atoms with Crippen LogP contribution >= 0.6 is 39.1 Å². The number of hydrogen-bond acceptors (Lipinski definition) is 5. The van der Waals surface area contributed by atoms with Crippen molar-refractivity contribution in [3.8, 4) is 0 Å². The van der Waals surface area contributed by atoms with Gasteiger partial charge in [0.2, 0.25) is 5.91 Å². The molecule has 2 atom stereocenters. The number of carbonyl (C=O) groups is 1. The maximum Gasteiger partial charge on any atom is 0.404 e. The number of amides is 1. The summed E-state index contributed by atoms with van der Waals surface area (Å²) in [4.78, 5) is 24.6. The van der Waals surface area contributed by atoms with Crippen LogP contribution in [0.25, 0.3) is 0 Å². The molecule has 0 radical (unpaired) electrons. The summed E-state index contributed by atoms with van der Waals surface area (Å²) >= 11 is 16.1. The molecule has 206 valence electrons. The van der Waals surface area contributed by atoms with Crippen LogP contribution in [0.5, 0.6) is 0 Å². The predicted octanol–water partition coefficient (Wildman–Crippen LogP) is 7.05. The Morgan fingerprint density at radius 3 is 2.46 bits per heavy atom. The fourth-order valence-electron chi connectivity index (χ4n) is 7.98. The van der Waals surface area contributed by atoms with E-state index in [-0.39, 0.29) is 22.7 Å². The molecular formula is C27H29BrCl2N6O3. The highest BCUT2D eigenvalue weighted by Crippen LogP contribution is 2.65. The largest absolute Gasteiger partial charge is 0.404 e. The number of aromatic nitrogens is 4. The Morgan fingerprint density at radius 2 is 1.85 bits per heavy atom. The minimum absolute atomic E-state index is 0.0266. The standard InChI is InChI=1S/C27H29BrCl2N6O3/c1-15-24(16(2)34(32-15)12-19-21(29)4-3-5-22(19)30)31-23(37)11-26-7-17-6-18(8-26)10-27(9-17,14-26)35-13-20(28)25(33-35)36(38)39/h3-5,13,17-18H,6-12,14H2,1-2H3,(H,31,37). The van der Waals surface area contributed by atoms with E-state index in [9.17, 15) is 14.9 Å². The van der Waals surface area contributed by atoms with E-state index in [1.54, 1.807) is 18.3 Å². The Kier molecular flexibility index (Phi) is 6.59. The third-order valence-corrected chi connectivity index (χ3v) is 10.3. The zero-order valence-electron chi connectivity index (χ0n) is 21.7. The van der Waals surface area contributed by atoms with Crippen molar-refractivity contribution in [2.75, 3.05) is 5.32 Å². The zero-order valence-corrected chi connectivity index (χ0v) is 24.8. The van der Waals surface area contributed by atoms with E-state index in [2.05, 4.69) is 31.4 Å². The Balaban J connectivity index is 1.22. The molecule has 2 heterocycles. The molecule has 0 spiro atoms. The molecule has 1 aromatic carbocycles. The molecule has 7 rings (SSSR count). The fourth-order valence-corrected chi connectivity index (χ4v) is 8.91. The van der Waals surface area contributed by atoms with Crippen molar-refractivity contribution in [2.24, 2.45) is 17.3 Å². The van der Waals surface area contributed by atoms with Crippen LogP contribution in [-0.4, -0.2) is 30.4 Å². The SMILES string of the molecule is Cc1nn(Cc2c(Cl)cccc2Cl)c(C)c1NC(=O)CC12CC3CC(C1)CC(n1cc(Br)c([N+](=O)[O-])n1)(C3)C2. The average Bonchev–Trinajstić information content (AvgIpc) is 3.36. The summed E-state index contributed by atoms with van der Waals surface area (Å²) in [7, 11) is 0. The van der Waals surface area contributed by atoms with Gasteiger partial charge in [-0.05, 0) is 103 Å². The minimum Gasteiger partial charge on any atom is -0.358 e. The molecule has 1 N–H and O–H groups in total. The first-order valence-corrected chi connectivity index (χ1v) is 14.7. The number of anilines is 1. The molecule has 4 aliphatic carbocycles. The van der Waals surface area contributed by atoms with Crippen LogP contribution in [0, 0.1) is 41.2 Å². The van der Waals surface area contributed by atoms with Gasteiger partial charge in [0.25, 0.3) is 0 Å². The van der Waals surface area contributed by atoms with Crippen molar-refractivity contribution in [3.63, 3.8) is 0 Å². The summed E-state index contributed by atoms with van der Waals surface area (Å²) in [5, 5.41) is 24.8. The molecule has 3 aromatic rings. The summed E-state index contributed by atoms with van der Waals surface area (Å²) in [5.41, 5.74) is 2.64. The first-order valence-electron chi connectivity index (χ1n) is 13.1. The van der Waals surface area contributed by atoms with Crippen molar-refractivity contribution in [1.29, 1.82) is 0 Å². The third-order valence-electron chi connectivity index (χ3n) is 9.01. The van der Waals surface area contributed by atoms with E-state index in [1.165, 1.54) is 0 Å². The molecule has 12 heteroatoms. The molecule has 39 heavy (non-hydrogen) atoms. The molecule has 4 bridgehead atoms. The van der Waals surface area contributed by atoms with Crippen LogP contribution in [0.3, 0.4) is 0 Å². The Bertz CT molecular complexity index is 1470. The highest BCUT2D eigenvalue weighted by atomic mass is 79.9. The highest BCUT2D eigenvalue weighted by molar-refractivity contribution is 9.10. The first-order chi connectivity index (χ1) is 18.5. The van der Waals surface area contributed by atoms with Gasteiger partial charge in [0.1, 0.15) is 4.47 Å². The highest BCUT2D eigenvalue weighted by Gasteiger charge is 2.60. The average molecular weight is 636 g/mol. The second-order valence-corrected chi connectivity index (χ2v) is 13.5. The summed E-state index contributed by atoms with van der Waals surface area (Å²) in [6.45, 7) is 4.22. The van der Waals surface area contributed by atoms with Gasteiger partial charge in [-0.1, -0.05) is 29.3 Å². The zero-order chi connectivity index (χ0) is 27.7.